The number of hydrogen-bond acceptors (Lipinski definition) is 5. The second-order valence-electron chi connectivity index (χ2n) is 8.02. The standard InChI is InChI=1S/C30H20N2O4/c33-30-29(31-28(23-12-6-2-7-13-23)24-14-8-3-9-15-24)26(21-10-4-1-5-11-21)20-27(36-30)22-16-18-25(19-17-22)32(34)35/h1-20H. The molecule has 0 N–H and O–H groups in total. The lowest BCUT2D eigenvalue weighted by Gasteiger charge is -2.11. The molecule has 6 nitrogen and oxygen atoms in total. The third-order valence-electron chi connectivity index (χ3n) is 5.69. The van der Waals surface area contributed by atoms with Crippen LogP contribution in [-0.2, 0) is 0 Å². The molecule has 174 valence electrons. The van der Waals surface area contributed by atoms with Crippen LogP contribution in [-0.4, -0.2) is 10.6 Å². The van der Waals surface area contributed by atoms with Gasteiger partial charge < -0.3 is 4.42 Å². The van der Waals surface area contributed by atoms with Crippen molar-refractivity contribution in [1.29, 1.82) is 0 Å². The number of benzene rings is 4. The highest BCUT2D eigenvalue weighted by Crippen LogP contribution is 2.33. The van der Waals surface area contributed by atoms with Gasteiger partial charge in [-0.25, -0.2) is 9.79 Å². The molecule has 0 bridgehead atoms. The van der Waals surface area contributed by atoms with E-state index in [0.29, 0.717) is 22.6 Å². The predicted molar refractivity (Wildman–Crippen MR) is 141 cm³/mol. The molecule has 0 fully saturated rings. The maximum Gasteiger partial charge on any atom is 0.363 e. The highest BCUT2D eigenvalue weighted by atomic mass is 16.6. The largest absolute Gasteiger partial charge is 0.421 e. The van der Waals surface area contributed by atoms with Gasteiger partial charge in [-0.15, -0.1) is 0 Å². The first-order valence-corrected chi connectivity index (χ1v) is 11.3. The third-order valence-corrected chi connectivity index (χ3v) is 5.69. The van der Waals surface area contributed by atoms with E-state index in [1.54, 1.807) is 18.2 Å². The van der Waals surface area contributed by atoms with E-state index < -0.39 is 10.5 Å². The quantitative estimate of drug-likeness (QED) is 0.150. The molecular formula is C30H20N2O4. The molecule has 1 heterocycles. The number of hydrogen-bond donors (Lipinski definition) is 0. The SMILES string of the molecule is O=c1oc(-c2ccc([N+](=O)[O-])cc2)cc(-c2ccccc2)c1N=C(c1ccccc1)c1ccccc1. The Morgan fingerprint density at radius 1 is 0.694 bits per heavy atom. The summed E-state index contributed by atoms with van der Waals surface area (Å²) in [6.07, 6.45) is 0. The topological polar surface area (TPSA) is 85.7 Å². The zero-order valence-electron chi connectivity index (χ0n) is 19.1. The highest BCUT2D eigenvalue weighted by molar-refractivity contribution is 6.14. The number of nitro groups is 1. The van der Waals surface area contributed by atoms with Crippen molar-refractivity contribution >= 4 is 17.1 Å². The Morgan fingerprint density at radius 3 is 1.75 bits per heavy atom. The van der Waals surface area contributed by atoms with E-state index in [9.17, 15) is 14.9 Å². The lowest BCUT2D eigenvalue weighted by atomic mass is 10.0. The molecule has 0 unspecified atom stereocenters. The summed E-state index contributed by atoms with van der Waals surface area (Å²) in [5.41, 5.74) is 3.85. The zero-order chi connectivity index (χ0) is 24.9. The van der Waals surface area contributed by atoms with E-state index >= 15 is 0 Å². The summed E-state index contributed by atoms with van der Waals surface area (Å²) in [6, 6.07) is 36.4. The minimum atomic E-state index is -0.603. The molecule has 0 atom stereocenters. The van der Waals surface area contributed by atoms with Crippen LogP contribution in [0.4, 0.5) is 11.4 Å². The van der Waals surface area contributed by atoms with Crippen LogP contribution in [0.25, 0.3) is 22.5 Å². The Hall–Kier alpha value is -5.10. The summed E-state index contributed by atoms with van der Waals surface area (Å²) in [5, 5.41) is 11.0. The third kappa shape index (κ3) is 4.74. The molecule has 0 aliphatic rings. The molecule has 6 heteroatoms. The molecule has 0 aliphatic heterocycles. The maximum absolute atomic E-state index is 13.4. The van der Waals surface area contributed by atoms with Gasteiger partial charge in [-0.2, -0.15) is 0 Å². The number of nitrogens with zero attached hydrogens (tertiary/aromatic N) is 2. The van der Waals surface area contributed by atoms with Crippen LogP contribution >= 0.6 is 0 Å². The van der Waals surface area contributed by atoms with Crippen molar-refractivity contribution in [3.8, 4) is 22.5 Å². The Bertz CT molecular complexity index is 1550. The molecular weight excluding hydrogens is 452 g/mol. The summed E-state index contributed by atoms with van der Waals surface area (Å²) in [6.45, 7) is 0. The average molecular weight is 473 g/mol. The van der Waals surface area contributed by atoms with Gasteiger partial charge in [0.1, 0.15) is 5.76 Å². The van der Waals surface area contributed by atoms with Gasteiger partial charge in [0.15, 0.2) is 5.69 Å². The van der Waals surface area contributed by atoms with Crippen LogP contribution < -0.4 is 5.63 Å². The van der Waals surface area contributed by atoms with Gasteiger partial charge in [0.25, 0.3) is 5.69 Å². The Balaban J connectivity index is 1.73. The second-order valence-corrected chi connectivity index (χ2v) is 8.02. The van der Waals surface area contributed by atoms with Crippen molar-refractivity contribution in [3.05, 3.63) is 153 Å². The number of non-ortho nitro benzene ring substituents is 1. The van der Waals surface area contributed by atoms with E-state index in [0.717, 1.165) is 16.7 Å². The fourth-order valence-corrected chi connectivity index (χ4v) is 3.92. The first-order valence-electron chi connectivity index (χ1n) is 11.3. The molecule has 36 heavy (non-hydrogen) atoms. The van der Waals surface area contributed by atoms with Crippen molar-refractivity contribution in [2.75, 3.05) is 0 Å². The Morgan fingerprint density at radius 2 is 1.22 bits per heavy atom. The maximum atomic E-state index is 13.4. The van der Waals surface area contributed by atoms with Crippen molar-refractivity contribution in [2.24, 2.45) is 4.99 Å². The van der Waals surface area contributed by atoms with E-state index in [4.69, 9.17) is 9.41 Å². The van der Waals surface area contributed by atoms with Crippen LogP contribution in [0.1, 0.15) is 11.1 Å². The fraction of sp³-hybridized carbons (Fsp3) is 0. The highest BCUT2D eigenvalue weighted by Gasteiger charge is 2.17. The normalized spacial score (nSPS) is 10.6. The molecule has 0 saturated carbocycles. The van der Waals surface area contributed by atoms with Gasteiger partial charge >= 0.3 is 5.63 Å². The Labute approximate surface area is 207 Å². The molecule has 0 aliphatic carbocycles. The Kier molecular flexibility index (Phi) is 6.32. The summed E-state index contributed by atoms with van der Waals surface area (Å²) in [7, 11) is 0. The predicted octanol–water partition coefficient (Wildman–Crippen LogP) is 7.05. The van der Waals surface area contributed by atoms with Crippen LogP contribution in [0, 0.1) is 10.1 Å². The monoisotopic (exact) mass is 472 g/mol. The van der Waals surface area contributed by atoms with Gasteiger partial charge in [-0.3, -0.25) is 10.1 Å². The molecule has 0 amide bonds. The molecule has 1 aromatic heterocycles. The van der Waals surface area contributed by atoms with Gasteiger partial charge in [0.05, 0.1) is 10.6 Å². The van der Waals surface area contributed by atoms with E-state index in [1.165, 1.54) is 12.1 Å². The van der Waals surface area contributed by atoms with E-state index in [2.05, 4.69) is 0 Å². The summed E-state index contributed by atoms with van der Waals surface area (Å²) < 4.78 is 5.70. The van der Waals surface area contributed by atoms with Gasteiger partial charge in [-0.05, 0) is 23.8 Å². The second kappa shape index (κ2) is 10.0. The fourth-order valence-electron chi connectivity index (χ4n) is 3.92. The van der Waals surface area contributed by atoms with Gasteiger partial charge in [-0.1, -0.05) is 91.0 Å². The van der Waals surface area contributed by atoms with E-state index in [-0.39, 0.29) is 11.4 Å². The van der Waals surface area contributed by atoms with Crippen LogP contribution in [0.3, 0.4) is 0 Å². The molecule has 4 aromatic carbocycles. The van der Waals surface area contributed by atoms with Crippen LogP contribution in [0.2, 0.25) is 0 Å². The van der Waals surface area contributed by atoms with Crippen LogP contribution in [0.5, 0.6) is 0 Å². The van der Waals surface area contributed by atoms with Crippen molar-refractivity contribution in [3.63, 3.8) is 0 Å². The van der Waals surface area contributed by atoms with Gasteiger partial charge in [0, 0.05) is 34.4 Å². The average Bonchev–Trinajstić information content (AvgIpc) is 2.93. The lowest BCUT2D eigenvalue weighted by molar-refractivity contribution is -0.384. The summed E-state index contributed by atoms with van der Waals surface area (Å²) >= 11 is 0. The minimum Gasteiger partial charge on any atom is -0.421 e. The summed E-state index contributed by atoms with van der Waals surface area (Å²) in [4.78, 5) is 28.8. The smallest absolute Gasteiger partial charge is 0.363 e. The lowest BCUT2D eigenvalue weighted by Crippen LogP contribution is -2.07. The number of nitro benzene ring substituents is 1. The molecule has 0 radical (unpaired) electrons. The first-order chi connectivity index (χ1) is 17.6. The van der Waals surface area contributed by atoms with Crippen molar-refractivity contribution in [1.82, 2.24) is 0 Å². The van der Waals surface area contributed by atoms with Crippen molar-refractivity contribution < 1.29 is 9.34 Å². The van der Waals surface area contributed by atoms with Crippen LogP contribution in [0.15, 0.2) is 136 Å². The van der Waals surface area contributed by atoms with Gasteiger partial charge in [0.2, 0.25) is 0 Å². The van der Waals surface area contributed by atoms with Crippen molar-refractivity contribution in [2.45, 2.75) is 0 Å². The molecule has 0 saturated heterocycles. The molecule has 5 rings (SSSR count). The molecule has 5 aromatic rings. The summed E-state index contributed by atoms with van der Waals surface area (Å²) in [5.74, 6) is 0.300. The molecule has 0 spiro atoms. The zero-order valence-corrected chi connectivity index (χ0v) is 19.1. The minimum absolute atomic E-state index is 0.0408. The first kappa shape index (κ1) is 22.7. The number of rotatable bonds is 6. The number of aliphatic imine (C=N–C) groups is 1. The van der Waals surface area contributed by atoms with E-state index in [1.807, 2.05) is 91.0 Å².